The van der Waals surface area contributed by atoms with Gasteiger partial charge in [0.1, 0.15) is 0 Å². The molecule has 1 aromatic rings. The van der Waals surface area contributed by atoms with E-state index in [1.165, 1.54) is 18.5 Å². The summed E-state index contributed by atoms with van der Waals surface area (Å²) in [6.45, 7) is 4.52. The topological polar surface area (TPSA) is 28.7 Å². The Kier molecular flexibility index (Phi) is 3.14. The lowest BCUT2D eigenvalue weighted by Gasteiger charge is -2.05. The van der Waals surface area contributed by atoms with Crippen molar-refractivity contribution in [3.05, 3.63) is 18.2 Å². The second-order valence-electron chi connectivity index (χ2n) is 3.13. The monoisotopic (exact) mass is 152 g/mol. The maximum absolute atomic E-state index is 3.97. The molecule has 0 aliphatic heterocycles. The molecule has 2 heteroatoms. The number of nitrogens with zero attached hydrogens (tertiary/aromatic N) is 1. The number of rotatable bonds is 4. The standard InChI is InChI=1S/C9H16N2/c1-3-8(2)4-5-9-6-10-7-11-9/h6-8H,3-5H2,1-2H3,(H,10,11). The van der Waals surface area contributed by atoms with Crippen LogP contribution in [0.25, 0.3) is 0 Å². The Morgan fingerprint density at radius 2 is 2.45 bits per heavy atom. The quantitative estimate of drug-likeness (QED) is 0.705. The zero-order valence-electron chi connectivity index (χ0n) is 7.30. The molecule has 0 aliphatic carbocycles. The minimum absolute atomic E-state index is 0.832. The first-order valence-electron chi connectivity index (χ1n) is 4.30. The molecule has 1 N–H and O–H groups in total. The number of H-pyrrole nitrogens is 1. The van der Waals surface area contributed by atoms with Gasteiger partial charge in [-0.1, -0.05) is 20.3 Å². The minimum atomic E-state index is 0.832. The van der Waals surface area contributed by atoms with Gasteiger partial charge in [-0.2, -0.15) is 0 Å². The molecule has 62 valence electrons. The van der Waals surface area contributed by atoms with E-state index in [4.69, 9.17) is 0 Å². The summed E-state index contributed by atoms with van der Waals surface area (Å²) in [7, 11) is 0. The highest BCUT2D eigenvalue weighted by Crippen LogP contribution is 2.09. The summed E-state index contributed by atoms with van der Waals surface area (Å²) in [5, 5.41) is 0. The average Bonchev–Trinajstić information content (AvgIpc) is 2.52. The second-order valence-corrected chi connectivity index (χ2v) is 3.13. The molecule has 0 aliphatic rings. The molecule has 0 spiro atoms. The number of aryl methyl sites for hydroxylation is 1. The summed E-state index contributed by atoms with van der Waals surface area (Å²) in [5.41, 5.74) is 1.25. The number of aromatic amines is 1. The van der Waals surface area contributed by atoms with Gasteiger partial charge in [0, 0.05) is 11.9 Å². The van der Waals surface area contributed by atoms with E-state index in [0.29, 0.717) is 0 Å². The van der Waals surface area contributed by atoms with Crippen molar-refractivity contribution in [2.24, 2.45) is 5.92 Å². The molecular formula is C9H16N2. The van der Waals surface area contributed by atoms with E-state index in [9.17, 15) is 0 Å². The predicted octanol–water partition coefficient (Wildman–Crippen LogP) is 2.39. The van der Waals surface area contributed by atoms with Gasteiger partial charge in [0.05, 0.1) is 6.33 Å². The molecule has 0 aromatic carbocycles. The smallest absolute Gasteiger partial charge is 0.0921 e. The van der Waals surface area contributed by atoms with Crippen molar-refractivity contribution < 1.29 is 0 Å². The number of hydrogen-bond acceptors (Lipinski definition) is 1. The third kappa shape index (κ3) is 2.74. The Balaban J connectivity index is 2.23. The highest BCUT2D eigenvalue weighted by atomic mass is 14.9. The van der Waals surface area contributed by atoms with E-state index in [1.54, 1.807) is 6.33 Å². The van der Waals surface area contributed by atoms with Gasteiger partial charge in [-0.3, -0.25) is 0 Å². The van der Waals surface area contributed by atoms with Crippen molar-refractivity contribution in [3.8, 4) is 0 Å². The van der Waals surface area contributed by atoms with E-state index in [0.717, 1.165) is 12.3 Å². The Hall–Kier alpha value is -0.790. The minimum Gasteiger partial charge on any atom is -0.348 e. The fourth-order valence-corrected chi connectivity index (χ4v) is 1.03. The van der Waals surface area contributed by atoms with Gasteiger partial charge >= 0.3 is 0 Å². The number of nitrogens with one attached hydrogen (secondary N) is 1. The number of aromatic nitrogens is 2. The van der Waals surface area contributed by atoms with E-state index < -0.39 is 0 Å². The van der Waals surface area contributed by atoms with Gasteiger partial charge in [-0.05, 0) is 18.8 Å². The SMILES string of the molecule is CCC(C)CCc1cnc[nH]1. The van der Waals surface area contributed by atoms with E-state index >= 15 is 0 Å². The molecule has 1 aromatic heterocycles. The third-order valence-electron chi connectivity index (χ3n) is 2.16. The van der Waals surface area contributed by atoms with Gasteiger partial charge in [0.15, 0.2) is 0 Å². The maximum atomic E-state index is 3.97. The van der Waals surface area contributed by atoms with Crippen LogP contribution in [-0.2, 0) is 6.42 Å². The van der Waals surface area contributed by atoms with E-state index in [1.807, 2.05) is 6.20 Å². The van der Waals surface area contributed by atoms with Crippen LogP contribution < -0.4 is 0 Å². The van der Waals surface area contributed by atoms with Crippen LogP contribution in [0.2, 0.25) is 0 Å². The Bertz CT molecular complexity index is 179. The van der Waals surface area contributed by atoms with Crippen LogP contribution in [0.4, 0.5) is 0 Å². The zero-order valence-corrected chi connectivity index (χ0v) is 7.30. The predicted molar refractivity (Wildman–Crippen MR) is 46.4 cm³/mol. The molecule has 0 radical (unpaired) electrons. The van der Waals surface area contributed by atoms with Crippen LogP contribution >= 0.6 is 0 Å². The van der Waals surface area contributed by atoms with Crippen molar-refractivity contribution in [1.29, 1.82) is 0 Å². The highest BCUT2D eigenvalue weighted by molar-refractivity contribution is 4.93. The molecule has 1 heterocycles. The van der Waals surface area contributed by atoms with Crippen LogP contribution in [0, 0.1) is 5.92 Å². The van der Waals surface area contributed by atoms with Crippen LogP contribution in [0.5, 0.6) is 0 Å². The van der Waals surface area contributed by atoms with Crippen molar-refractivity contribution in [3.63, 3.8) is 0 Å². The summed E-state index contributed by atoms with van der Waals surface area (Å²) in [4.78, 5) is 7.08. The molecule has 0 amide bonds. The van der Waals surface area contributed by atoms with Gasteiger partial charge in [-0.25, -0.2) is 4.98 Å². The Morgan fingerprint density at radius 3 is 3.00 bits per heavy atom. The Morgan fingerprint density at radius 1 is 1.64 bits per heavy atom. The number of imidazole rings is 1. The Labute approximate surface area is 68.0 Å². The summed E-state index contributed by atoms with van der Waals surface area (Å²) in [6, 6.07) is 0. The largest absolute Gasteiger partial charge is 0.348 e. The molecule has 0 saturated carbocycles. The van der Waals surface area contributed by atoms with Crippen molar-refractivity contribution in [1.82, 2.24) is 9.97 Å². The summed E-state index contributed by atoms with van der Waals surface area (Å²) in [6.07, 6.45) is 7.32. The maximum Gasteiger partial charge on any atom is 0.0921 e. The molecule has 1 rings (SSSR count). The molecule has 1 unspecified atom stereocenters. The van der Waals surface area contributed by atoms with Crippen LogP contribution in [-0.4, -0.2) is 9.97 Å². The first-order valence-corrected chi connectivity index (χ1v) is 4.30. The first-order chi connectivity index (χ1) is 5.33. The van der Waals surface area contributed by atoms with Crippen molar-refractivity contribution in [2.45, 2.75) is 33.1 Å². The van der Waals surface area contributed by atoms with Crippen molar-refractivity contribution >= 4 is 0 Å². The van der Waals surface area contributed by atoms with E-state index in [2.05, 4.69) is 23.8 Å². The molecule has 0 bridgehead atoms. The van der Waals surface area contributed by atoms with Crippen molar-refractivity contribution in [2.75, 3.05) is 0 Å². The van der Waals surface area contributed by atoms with Gasteiger partial charge in [-0.15, -0.1) is 0 Å². The van der Waals surface area contributed by atoms with Crippen LogP contribution in [0.3, 0.4) is 0 Å². The summed E-state index contributed by atoms with van der Waals surface area (Å²) < 4.78 is 0. The lowest BCUT2D eigenvalue weighted by atomic mass is 10.0. The highest BCUT2D eigenvalue weighted by Gasteiger charge is 1.99. The van der Waals surface area contributed by atoms with E-state index in [-0.39, 0.29) is 0 Å². The molecule has 0 fully saturated rings. The molecule has 1 atom stereocenters. The summed E-state index contributed by atoms with van der Waals surface area (Å²) >= 11 is 0. The number of hydrogen-bond donors (Lipinski definition) is 1. The molecule has 2 nitrogen and oxygen atoms in total. The molecule has 0 saturated heterocycles. The zero-order chi connectivity index (χ0) is 8.10. The molecule has 11 heavy (non-hydrogen) atoms. The fourth-order valence-electron chi connectivity index (χ4n) is 1.03. The van der Waals surface area contributed by atoms with Gasteiger partial charge < -0.3 is 4.98 Å². The lowest BCUT2D eigenvalue weighted by Crippen LogP contribution is -1.95. The summed E-state index contributed by atoms with van der Waals surface area (Å²) in [5.74, 6) is 0.832. The molecular weight excluding hydrogens is 136 g/mol. The van der Waals surface area contributed by atoms with Crippen LogP contribution in [0.15, 0.2) is 12.5 Å². The average molecular weight is 152 g/mol. The normalized spacial score (nSPS) is 13.3. The third-order valence-corrected chi connectivity index (χ3v) is 2.16. The first kappa shape index (κ1) is 8.31. The van der Waals surface area contributed by atoms with Gasteiger partial charge in [0.25, 0.3) is 0 Å². The van der Waals surface area contributed by atoms with Crippen LogP contribution in [0.1, 0.15) is 32.4 Å². The van der Waals surface area contributed by atoms with Gasteiger partial charge in [0.2, 0.25) is 0 Å². The second kappa shape index (κ2) is 4.16. The lowest BCUT2D eigenvalue weighted by molar-refractivity contribution is 0.514. The fraction of sp³-hybridized carbons (Fsp3) is 0.667.